The van der Waals surface area contributed by atoms with Crippen molar-refractivity contribution in [3.8, 4) is 0 Å². The normalized spacial score (nSPS) is 17.5. The molecule has 1 aromatic heterocycles. The highest BCUT2D eigenvalue weighted by Crippen LogP contribution is 2.38. The van der Waals surface area contributed by atoms with Gasteiger partial charge in [0, 0.05) is 48.7 Å². The maximum atomic E-state index is 12.9. The van der Waals surface area contributed by atoms with E-state index in [1.54, 1.807) is 18.2 Å². The van der Waals surface area contributed by atoms with Gasteiger partial charge in [0.15, 0.2) is 5.00 Å². The Kier molecular flexibility index (Phi) is 10.6. The van der Waals surface area contributed by atoms with Gasteiger partial charge in [-0.05, 0) is 101 Å². The van der Waals surface area contributed by atoms with Gasteiger partial charge in [0.1, 0.15) is 5.69 Å². The molecule has 2 aromatic carbocycles. The van der Waals surface area contributed by atoms with Crippen LogP contribution in [0.2, 0.25) is 0 Å². The summed E-state index contributed by atoms with van der Waals surface area (Å²) in [7, 11) is -6.09. The Bertz CT molecular complexity index is 1820. The van der Waals surface area contributed by atoms with Crippen molar-refractivity contribution in [1.82, 2.24) is 14.2 Å². The first kappa shape index (κ1) is 35.8. The van der Waals surface area contributed by atoms with Crippen molar-refractivity contribution < 1.29 is 26.2 Å². The second-order valence-corrected chi connectivity index (χ2v) is 16.9. The van der Waals surface area contributed by atoms with E-state index in [-0.39, 0.29) is 22.6 Å². The maximum Gasteiger partial charge on any atom is 0.294 e. The highest BCUT2D eigenvalue weighted by atomic mass is 32.2. The average Bonchev–Trinajstić information content (AvgIpc) is 3.34. The number of rotatable bonds is 12. The number of benzene rings is 2. The topological polar surface area (TPSA) is 197 Å². The van der Waals surface area contributed by atoms with Gasteiger partial charge in [-0.1, -0.05) is 0 Å². The Balaban J connectivity index is 1.39. The average molecular weight is 695 g/mol. The van der Waals surface area contributed by atoms with Crippen LogP contribution in [0.3, 0.4) is 0 Å². The lowest BCUT2D eigenvalue weighted by Crippen LogP contribution is -2.62. The largest absolute Gasteiger partial charge is 0.784 e. The summed E-state index contributed by atoms with van der Waals surface area (Å²) in [6.07, 6.45) is 1.89. The molecule has 1 aliphatic rings. The van der Waals surface area contributed by atoms with Crippen LogP contribution in [0.15, 0.2) is 51.5 Å². The predicted octanol–water partition coefficient (Wildman–Crippen LogP) is 5.57. The SMILES string of the molecule is CC(=O)Nc1cc(N(C)CCCCS(=O)(=O)NC2CC(C)(C)N([O-])C(C)(C)C2)ccc1N=Nc1snc2ccc(S(=O)(=O)O)cc12. The fourth-order valence-electron chi connectivity index (χ4n) is 5.81. The molecule has 0 saturated carbocycles. The zero-order valence-corrected chi connectivity index (χ0v) is 29.1. The highest BCUT2D eigenvalue weighted by Gasteiger charge is 2.41. The molecule has 1 saturated heterocycles. The summed E-state index contributed by atoms with van der Waals surface area (Å²) in [5.74, 6) is -0.351. The lowest BCUT2D eigenvalue weighted by atomic mass is 9.79. The van der Waals surface area contributed by atoms with Crippen LogP contribution in [0.1, 0.15) is 60.3 Å². The van der Waals surface area contributed by atoms with Crippen molar-refractivity contribution in [2.75, 3.05) is 29.6 Å². The molecular formula is C29H40N7O7S3-. The van der Waals surface area contributed by atoms with Crippen LogP contribution in [0.25, 0.3) is 10.9 Å². The van der Waals surface area contributed by atoms with Gasteiger partial charge in [0.25, 0.3) is 10.1 Å². The summed E-state index contributed by atoms with van der Waals surface area (Å²) in [4.78, 5) is 13.6. The lowest BCUT2D eigenvalue weighted by Gasteiger charge is -2.59. The van der Waals surface area contributed by atoms with Gasteiger partial charge in [-0.25, -0.2) is 13.1 Å². The van der Waals surface area contributed by atoms with E-state index in [0.29, 0.717) is 59.5 Å². The van der Waals surface area contributed by atoms with Gasteiger partial charge >= 0.3 is 0 Å². The molecule has 0 bridgehead atoms. The quantitative estimate of drug-likeness (QED) is 0.122. The molecule has 0 spiro atoms. The molecule has 252 valence electrons. The van der Waals surface area contributed by atoms with Crippen LogP contribution in [0, 0.1) is 5.21 Å². The first-order valence-corrected chi connectivity index (χ1v) is 18.5. The van der Waals surface area contributed by atoms with Gasteiger partial charge in [0.05, 0.1) is 21.9 Å². The number of hydroxylamine groups is 2. The number of fused-ring (bicyclic) bond motifs is 1. The smallest absolute Gasteiger partial charge is 0.294 e. The molecule has 3 aromatic rings. The predicted molar refractivity (Wildman–Crippen MR) is 180 cm³/mol. The lowest BCUT2D eigenvalue weighted by molar-refractivity contribution is -0.114. The third kappa shape index (κ3) is 8.84. The number of unbranched alkanes of at least 4 members (excludes halogenated alkanes) is 1. The van der Waals surface area contributed by atoms with Crippen molar-refractivity contribution >= 4 is 70.5 Å². The molecule has 0 atom stereocenters. The minimum atomic E-state index is -4.41. The fourth-order valence-corrected chi connectivity index (χ4v) is 8.37. The van der Waals surface area contributed by atoms with Crippen LogP contribution in [0.5, 0.6) is 0 Å². The van der Waals surface area contributed by atoms with E-state index >= 15 is 0 Å². The Hall–Kier alpha value is -3.06. The third-order valence-corrected chi connectivity index (χ3v) is 10.9. The minimum Gasteiger partial charge on any atom is -0.784 e. The second-order valence-electron chi connectivity index (χ2n) is 12.8. The maximum absolute atomic E-state index is 12.9. The van der Waals surface area contributed by atoms with Gasteiger partial charge in [-0.3, -0.25) is 9.35 Å². The van der Waals surface area contributed by atoms with Gasteiger partial charge in [-0.15, -0.1) is 10.2 Å². The fraction of sp³-hybridized carbons (Fsp3) is 0.517. The summed E-state index contributed by atoms with van der Waals surface area (Å²) in [5, 5.41) is 25.7. The van der Waals surface area contributed by atoms with Gasteiger partial charge in [0.2, 0.25) is 15.9 Å². The third-order valence-electron chi connectivity index (χ3n) is 7.80. The number of amides is 1. The van der Waals surface area contributed by atoms with E-state index in [9.17, 15) is 31.4 Å². The summed E-state index contributed by atoms with van der Waals surface area (Å²) in [6, 6.07) is 8.89. The van der Waals surface area contributed by atoms with Gasteiger partial charge < -0.3 is 20.5 Å². The highest BCUT2D eigenvalue weighted by molar-refractivity contribution is 7.89. The number of aromatic nitrogens is 1. The van der Waals surface area contributed by atoms with Crippen molar-refractivity contribution in [1.29, 1.82) is 0 Å². The molecule has 0 unspecified atom stereocenters. The number of azo groups is 1. The van der Waals surface area contributed by atoms with E-state index in [4.69, 9.17) is 0 Å². The summed E-state index contributed by atoms with van der Waals surface area (Å²) in [5.41, 5.74) is 0.664. The number of hydrogen-bond acceptors (Lipinski definition) is 12. The van der Waals surface area contributed by atoms with Crippen molar-refractivity contribution in [3.63, 3.8) is 0 Å². The summed E-state index contributed by atoms with van der Waals surface area (Å²) >= 11 is 1.01. The molecule has 2 heterocycles. The van der Waals surface area contributed by atoms with Crippen LogP contribution in [0.4, 0.5) is 22.1 Å². The summed E-state index contributed by atoms with van der Waals surface area (Å²) in [6.45, 7) is 9.24. The van der Waals surface area contributed by atoms with E-state index in [0.717, 1.165) is 22.3 Å². The van der Waals surface area contributed by atoms with Gasteiger partial charge in [-0.2, -0.15) is 12.8 Å². The monoisotopic (exact) mass is 694 g/mol. The van der Waals surface area contributed by atoms with E-state index in [1.165, 1.54) is 25.1 Å². The number of carbonyl (C=O) groups excluding carboxylic acids is 1. The molecule has 3 N–H and O–H groups in total. The standard InChI is InChI=1S/C29H40N7O7S3/c1-19(37)30-26-15-21(9-11-25(26)31-32-27-23-16-22(46(41,42)43)10-12-24(23)33-44-27)35(6)13-7-8-14-45(39,40)34-20-17-28(2,3)36(38)29(4,5)18-20/h9-12,15-16,20,34H,7-8,13-14,17-18H2,1-6H3,(H,30,37)(H,41,42,43)/q-1. The Labute approximate surface area is 273 Å². The molecule has 14 nitrogen and oxygen atoms in total. The van der Waals surface area contributed by atoms with E-state index in [1.807, 2.05) is 39.6 Å². The molecule has 0 aliphatic carbocycles. The van der Waals surface area contributed by atoms with Crippen LogP contribution >= 0.6 is 11.5 Å². The first-order valence-electron chi connectivity index (χ1n) is 14.7. The molecule has 1 amide bonds. The van der Waals surface area contributed by atoms with Crippen LogP contribution in [-0.4, -0.2) is 73.2 Å². The molecule has 1 fully saturated rings. The van der Waals surface area contributed by atoms with Crippen LogP contribution in [-0.2, 0) is 24.9 Å². The zero-order chi connectivity index (χ0) is 34.1. The Morgan fingerprint density at radius 3 is 2.39 bits per heavy atom. The molecule has 1 aliphatic heterocycles. The molecular weight excluding hydrogens is 655 g/mol. The number of anilines is 2. The van der Waals surface area contributed by atoms with E-state index in [2.05, 4.69) is 24.6 Å². The number of nitrogens with zero attached hydrogens (tertiary/aromatic N) is 5. The Morgan fingerprint density at radius 1 is 1.09 bits per heavy atom. The number of hydrogen-bond donors (Lipinski definition) is 3. The number of piperidine rings is 1. The molecule has 4 rings (SSSR count). The second kappa shape index (κ2) is 13.6. The van der Waals surface area contributed by atoms with Crippen molar-refractivity contribution in [2.45, 2.75) is 82.3 Å². The van der Waals surface area contributed by atoms with Crippen LogP contribution < -0.4 is 14.9 Å². The molecule has 17 heteroatoms. The number of nitrogens with one attached hydrogen (secondary N) is 2. The minimum absolute atomic E-state index is 0.0340. The van der Waals surface area contributed by atoms with Crippen molar-refractivity contribution in [3.05, 3.63) is 41.6 Å². The van der Waals surface area contributed by atoms with Crippen molar-refractivity contribution in [2.24, 2.45) is 10.2 Å². The zero-order valence-electron chi connectivity index (χ0n) is 26.6. The first-order chi connectivity index (χ1) is 21.3. The van der Waals surface area contributed by atoms with E-state index < -0.39 is 31.2 Å². The molecule has 46 heavy (non-hydrogen) atoms. The summed E-state index contributed by atoms with van der Waals surface area (Å²) < 4.78 is 65.3. The Morgan fingerprint density at radius 2 is 1.76 bits per heavy atom. The number of sulfonamides is 1. The number of carbonyl (C=O) groups is 1. The molecule has 0 radical (unpaired) electrons.